The minimum Gasteiger partial charge on any atom is -0.380 e. The number of hydrogen-bond donors (Lipinski definition) is 3. The zero-order chi connectivity index (χ0) is 30.1. The van der Waals surface area contributed by atoms with E-state index in [1.54, 1.807) is 24.4 Å². The maximum Gasteiger partial charge on any atom is 0.301 e. The number of rotatable bonds is 9. The van der Waals surface area contributed by atoms with E-state index < -0.39 is 10.2 Å². The van der Waals surface area contributed by atoms with Crippen LogP contribution in [0.15, 0.2) is 42.6 Å². The standard InChI is InChI=1S/C30H44N8O3S/c1-6-30(4,5)37-16-18-38(19-17-37)42(40,41)34-24-9-10-25-23(20-24)21-27(33-25)29(39)36-14-12-35(13-15-36)28-26(32-22(2)3)8-7-11-31-28/h7-11,20-22,32-34H,6,12-19H2,1-5H3. The molecule has 4 heterocycles. The fourth-order valence-electron chi connectivity index (χ4n) is 5.65. The lowest BCUT2D eigenvalue weighted by Crippen LogP contribution is -2.56. The summed E-state index contributed by atoms with van der Waals surface area (Å²) in [5, 5.41) is 4.24. The number of carbonyl (C=O) groups is 1. The monoisotopic (exact) mass is 596 g/mol. The summed E-state index contributed by atoms with van der Waals surface area (Å²) in [6.45, 7) is 15.6. The van der Waals surface area contributed by atoms with Crippen molar-refractivity contribution in [3.63, 3.8) is 0 Å². The molecule has 11 nitrogen and oxygen atoms in total. The van der Waals surface area contributed by atoms with Gasteiger partial charge in [0.25, 0.3) is 5.91 Å². The van der Waals surface area contributed by atoms with Crippen molar-refractivity contribution in [3.8, 4) is 0 Å². The van der Waals surface area contributed by atoms with Crippen LogP contribution in [0.5, 0.6) is 0 Å². The van der Waals surface area contributed by atoms with Gasteiger partial charge in [-0.15, -0.1) is 0 Å². The number of nitrogens with zero attached hydrogens (tertiary/aromatic N) is 5. The van der Waals surface area contributed by atoms with Crippen molar-refractivity contribution in [2.45, 2.75) is 52.6 Å². The summed E-state index contributed by atoms with van der Waals surface area (Å²) in [6.07, 6.45) is 2.81. The molecule has 2 saturated heterocycles. The Morgan fingerprint density at radius 3 is 2.40 bits per heavy atom. The second-order valence-corrected chi connectivity index (χ2v) is 13.8. The van der Waals surface area contributed by atoms with Crippen molar-refractivity contribution in [2.75, 3.05) is 67.3 Å². The highest BCUT2D eigenvalue weighted by Gasteiger charge is 2.33. The molecule has 0 saturated carbocycles. The van der Waals surface area contributed by atoms with Gasteiger partial charge in [-0.05, 0) is 70.5 Å². The molecule has 2 aliphatic rings. The summed E-state index contributed by atoms with van der Waals surface area (Å²) >= 11 is 0. The molecule has 228 valence electrons. The Morgan fingerprint density at radius 1 is 1.02 bits per heavy atom. The van der Waals surface area contributed by atoms with Gasteiger partial charge in [0, 0.05) is 81.0 Å². The zero-order valence-corrected chi connectivity index (χ0v) is 26.2. The fourth-order valence-corrected chi connectivity index (χ4v) is 6.84. The second-order valence-electron chi connectivity index (χ2n) is 12.1. The Labute approximate surface area is 249 Å². The van der Waals surface area contributed by atoms with Crippen molar-refractivity contribution >= 4 is 44.2 Å². The highest BCUT2D eigenvalue weighted by atomic mass is 32.2. The Bertz CT molecular complexity index is 1500. The van der Waals surface area contributed by atoms with Crippen LogP contribution < -0.4 is 14.9 Å². The number of aromatic nitrogens is 2. The van der Waals surface area contributed by atoms with Gasteiger partial charge in [-0.3, -0.25) is 14.4 Å². The van der Waals surface area contributed by atoms with Crippen LogP contribution in [-0.4, -0.2) is 102 Å². The molecule has 12 heteroatoms. The van der Waals surface area contributed by atoms with Crippen LogP contribution in [0.4, 0.5) is 17.2 Å². The van der Waals surface area contributed by atoms with Crippen molar-refractivity contribution in [1.82, 2.24) is 24.1 Å². The molecule has 3 N–H and O–H groups in total. The Balaban J connectivity index is 1.21. The number of H-pyrrole nitrogens is 1. The highest BCUT2D eigenvalue weighted by molar-refractivity contribution is 7.90. The summed E-state index contributed by atoms with van der Waals surface area (Å²) in [4.78, 5) is 27.6. The van der Waals surface area contributed by atoms with Gasteiger partial charge in [-0.25, -0.2) is 4.98 Å². The predicted molar refractivity (Wildman–Crippen MR) is 169 cm³/mol. The van der Waals surface area contributed by atoms with E-state index in [9.17, 15) is 13.2 Å². The van der Waals surface area contributed by atoms with E-state index in [1.807, 2.05) is 23.1 Å². The molecule has 0 unspecified atom stereocenters. The van der Waals surface area contributed by atoms with Crippen LogP contribution in [0.2, 0.25) is 0 Å². The number of fused-ring (bicyclic) bond motifs is 1. The first-order valence-corrected chi connectivity index (χ1v) is 16.3. The van der Waals surface area contributed by atoms with Crippen LogP contribution in [-0.2, 0) is 10.2 Å². The van der Waals surface area contributed by atoms with Gasteiger partial charge in [-0.2, -0.15) is 12.7 Å². The minimum absolute atomic E-state index is 0.0545. The molecule has 3 aromatic rings. The van der Waals surface area contributed by atoms with Gasteiger partial charge in [-0.1, -0.05) is 6.92 Å². The fraction of sp³-hybridized carbons (Fsp3) is 0.533. The number of benzene rings is 1. The van der Waals surface area contributed by atoms with Gasteiger partial charge in [0.05, 0.1) is 11.4 Å². The van der Waals surface area contributed by atoms with Crippen molar-refractivity contribution in [2.24, 2.45) is 0 Å². The topological polar surface area (TPSA) is 117 Å². The predicted octanol–water partition coefficient (Wildman–Crippen LogP) is 3.81. The molecule has 2 aliphatic heterocycles. The minimum atomic E-state index is -3.69. The molecule has 0 atom stereocenters. The third-order valence-corrected chi connectivity index (χ3v) is 10.0. The lowest BCUT2D eigenvalue weighted by atomic mass is 9.98. The summed E-state index contributed by atoms with van der Waals surface area (Å²) in [6, 6.07) is 11.4. The van der Waals surface area contributed by atoms with Crippen LogP contribution in [0.3, 0.4) is 0 Å². The molecule has 2 fully saturated rings. The molecule has 0 spiro atoms. The molecule has 0 aliphatic carbocycles. The molecular formula is C30H44N8O3S. The number of aromatic amines is 1. The molecule has 0 bridgehead atoms. The molecule has 0 radical (unpaired) electrons. The van der Waals surface area contributed by atoms with Crippen LogP contribution in [0.25, 0.3) is 10.9 Å². The van der Waals surface area contributed by atoms with Crippen molar-refractivity contribution in [3.05, 3.63) is 48.3 Å². The molecule has 5 rings (SSSR count). The molecule has 2 aromatic heterocycles. The number of hydrogen-bond acceptors (Lipinski definition) is 7. The first-order chi connectivity index (χ1) is 20.0. The molecular weight excluding hydrogens is 552 g/mol. The number of anilines is 3. The first kappa shape index (κ1) is 30.1. The largest absolute Gasteiger partial charge is 0.380 e. The third-order valence-electron chi connectivity index (χ3n) is 8.50. The van der Waals surface area contributed by atoms with E-state index in [1.165, 1.54) is 4.31 Å². The lowest BCUT2D eigenvalue weighted by molar-refractivity contribution is 0.0741. The Morgan fingerprint density at radius 2 is 1.74 bits per heavy atom. The zero-order valence-electron chi connectivity index (χ0n) is 25.4. The third kappa shape index (κ3) is 6.50. The average molecular weight is 597 g/mol. The normalized spacial score (nSPS) is 17.7. The SMILES string of the molecule is CCC(C)(C)N1CCN(S(=O)(=O)Nc2ccc3[nH]c(C(=O)N4CCN(c5ncccc5NC(C)C)CC4)cc3c2)CC1. The van der Waals surface area contributed by atoms with Gasteiger partial charge in [0.2, 0.25) is 0 Å². The summed E-state index contributed by atoms with van der Waals surface area (Å²) in [5.74, 6) is 0.841. The molecule has 1 aromatic carbocycles. The van der Waals surface area contributed by atoms with E-state index in [4.69, 9.17) is 0 Å². The van der Waals surface area contributed by atoms with E-state index in [0.717, 1.165) is 28.8 Å². The van der Waals surface area contributed by atoms with Crippen LogP contribution >= 0.6 is 0 Å². The smallest absolute Gasteiger partial charge is 0.301 e. The number of carbonyl (C=O) groups excluding carboxylic acids is 1. The van der Waals surface area contributed by atoms with Crippen LogP contribution in [0.1, 0.15) is 51.5 Å². The van der Waals surface area contributed by atoms with E-state index in [0.29, 0.717) is 69.8 Å². The number of piperazine rings is 2. The first-order valence-electron chi connectivity index (χ1n) is 14.9. The van der Waals surface area contributed by atoms with Crippen molar-refractivity contribution in [1.29, 1.82) is 0 Å². The molecule has 42 heavy (non-hydrogen) atoms. The molecule has 1 amide bonds. The lowest BCUT2D eigenvalue weighted by Gasteiger charge is -2.43. The van der Waals surface area contributed by atoms with E-state index >= 15 is 0 Å². The summed E-state index contributed by atoms with van der Waals surface area (Å²) in [5.41, 5.74) is 2.81. The van der Waals surface area contributed by atoms with Gasteiger partial charge >= 0.3 is 10.2 Å². The quantitative estimate of drug-likeness (QED) is 0.344. The van der Waals surface area contributed by atoms with Gasteiger partial charge < -0.3 is 20.1 Å². The van der Waals surface area contributed by atoms with E-state index in [-0.39, 0.29) is 11.4 Å². The van der Waals surface area contributed by atoms with Gasteiger partial charge in [0.1, 0.15) is 5.69 Å². The summed E-state index contributed by atoms with van der Waals surface area (Å²) in [7, 11) is -3.69. The number of amides is 1. The van der Waals surface area contributed by atoms with Gasteiger partial charge in [0.15, 0.2) is 5.82 Å². The maximum atomic E-state index is 13.4. The second kappa shape index (κ2) is 12.1. The maximum absolute atomic E-state index is 13.4. The number of nitrogens with one attached hydrogen (secondary N) is 3. The Kier molecular flexibility index (Phi) is 8.68. The van der Waals surface area contributed by atoms with E-state index in [2.05, 4.69) is 64.4 Å². The van der Waals surface area contributed by atoms with Crippen molar-refractivity contribution < 1.29 is 13.2 Å². The highest BCUT2D eigenvalue weighted by Crippen LogP contribution is 2.27. The summed E-state index contributed by atoms with van der Waals surface area (Å²) < 4.78 is 30.6. The van der Waals surface area contributed by atoms with Crippen LogP contribution in [0, 0.1) is 0 Å². The average Bonchev–Trinajstić information content (AvgIpc) is 3.40. The number of pyridine rings is 1. The Hall–Kier alpha value is -3.35.